The van der Waals surface area contributed by atoms with Crippen molar-refractivity contribution in [2.75, 3.05) is 26.2 Å². The maximum atomic E-state index is 12.5. The molecule has 2 aliphatic heterocycles. The normalized spacial score (nSPS) is 22.7. The van der Waals surface area contributed by atoms with Gasteiger partial charge >= 0.3 is 0 Å². The van der Waals surface area contributed by atoms with Gasteiger partial charge in [0.2, 0.25) is 0 Å². The zero-order valence-electron chi connectivity index (χ0n) is 18.4. The fraction of sp³-hybridized carbons (Fsp3) is 0.417. The topological polar surface area (TPSA) is 87.4 Å². The highest BCUT2D eigenvalue weighted by Gasteiger charge is 2.41. The molecule has 8 nitrogen and oxygen atoms in total. The van der Waals surface area contributed by atoms with Crippen molar-refractivity contribution in [1.29, 1.82) is 0 Å². The van der Waals surface area contributed by atoms with Crippen molar-refractivity contribution in [2.24, 2.45) is 10.5 Å². The third-order valence-corrected chi connectivity index (χ3v) is 6.62. The number of likely N-dealkylation sites (tertiary alicyclic amines) is 1. The Morgan fingerprint density at radius 1 is 1.19 bits per heavy atom. The number of hydrogen-bond donors (Lipinski definition) is 2. The quantitative estimate of drug-likeness (QED) is 0.734. The lowest BCUT2D eigenvalue weighted by Crippen LogP contribution is -2.37. The lowest BCUT2D eigenvalue weighted by molar-refractivity contribution is 0.0946. The van der Waals surface area contributed by atoms with Gasteiger partial charge < -0.3 is 10.2 Å². The number of amides is 1. The molecule has 1 saturated heterocycles. The first-order valence-corrected chi connectivity index (χ1v) is 11.4. The highest BCUT2D eigenvalue weighted by atomic mass is 16.1. The van der Waals surface area contributed by atoms with Crippen LogP contribution < -0.4 is 10.7 Å². The standard InChI is InChI=1S/C24H29N7O/c1-24-12-4-3-7-21(24)27-28-22(24)20-17-31(29-26-20)19-10-8-18(9-11-19)23(32)25-13-16-30-14-5-2-6-15-30/h3-4,7-11,17,27H,2,5-6,12-16H2,1H3,(H,25,32). The number of piperidine rings is 1. The van der Waals surface area contributed by atoms with Gasteiger partial charge in [0.05, 0.1) is 17.3 Å². The molecule has 1 aromatic carbocycles. The molecule has 2 N–H and O–H groups in total. The zero-order chi connectivity index (χ0) is 22.0. The molecule has 0 spiro atoms. The molecule has 3 aliphatic rings. The fourth-order valence-electron chi connectivity index (χ4n) is 4.60. The number of nitrogens with one attached hydrogen (secondary N) is 2. The third kappa shape index (κ3) is 3.98. The second-order valence-electron chi connectivity index (χ2n) is 8.87. The van der Waals surface area contributed by atoms with Crippen LogP contribution >= 0.6 is 0 Å². The van der Waals surface area contributed by atoms with E-state index in [1.807, 2.05) is 36.5 Å². The van der Waals surface area contributed by atoms with E-state index >= 15 is 0 Å². The molecule has 1 amide bonds. The summed E-state index contributed by atoms with van der Waals surface area (Å²) in [7, 11) is 0. The summed E-state index contributed by atoms with van der Waals surface area (Å²) in [6, 6.07) is 7.44. The van der Waals surface area contributed by atoms with Gasteiger partial charge in [-0.1, -0.05) is 23.8 Å². The van der Waals surface area contributed by atoms with Crippen LogP contribution in [0.2, 0.25) is 0 Å². The Bertz CT molecular complexity index is 1080. The highest BCUT2D eigenvalue weighted by molar-refractivity contribution is 6.06. The van der Waals surface area contributed by atoms with Crippen LogP contribution in [-0.4, -0.2) is 57.7 Å². The number of nitrogens with zero attached hydrogens (tertiary/aromatic N) is 5. The van der Waals surface area contributed by atoms with Crippen molar-refractivity contribution in [1.82, 2.24) is 30.6 Å². The maximum absolute atomic E-state index is 12.5. The summed E-state index contributed by atoms with van der Waals surface area (Å²) in [6.45, 7) is 6.03. The first-order valence-electron chi connectivity index (χ1n) is 11.4. The molecular weight excluding hydrogens is 402 g/mol. The van der Waals surface area contributed by atoms with E-state index in [0.717, 1.165) is 48.8 Å². The van der Waals surface area contributed by atoms with Crippen molar-refractivity contribution in [2.45, 2.75) is 32.6 Å². The summed E-state index contributed by atoms with van der Waals surface area (Å²) in [5.74, 6) is -0.0446. The summed E-state index contributed by atoms with van der Waals surface area (Å²) in [4.78, 5) is 14.9. The van der Waals surface area contributed by atoms with Gasteiger partial charge in [-0.2, -0.15) is 5.10 Å². The van der Waals surface area contributed by atoms with Crippen molar-refractivity contribution in [3.05, 3.63) is 65.6 Å². The minimum atomic E-state index is -0.203. The lowest BCUT2D eigenvalue weighted by atomic mass is 9.76. The average molecular weight is 432 g/mol. The zero-order valence-corrected chi connectivity index (χ0v) is 18.4. The predicted molar refractivity (Wildman–Crippen MR) is 124 cm³/mol. The van der Waals surface area contributed by atoms with Gasteiger partial charge in [-0.05, 0) is 69.6 Å². The Morgan fingerprint density at radius 2 is 2.00 bits per heavy atom. The Labute approximate surface area is 188 Å². The molecule has 8 heteroatoms. The van der Waals surface area contributed by atoms with Gasteiger partial charge in [0.25, 0.3) is 5.91 Å². The molecule has 1 unspecified atom stereocenters. The lowest BCUT2D eigenvalue weighted by Gasteiger charge is -2.26. The number of carbonyl (C=O) groups is 1. The van der Waals surface area contributed by atoms with Crippen molar-refractivity contribution >= 4 is 11.6 Å². The summed E-state index contributed by atoms with van der Waals surface area (Å²) in [5.41, 5.74) is 7.15. The molecule has 3 heterocycles. The Balaban J connectivity index is 1.21. The molecule has 166 valence electrons. The fourth-order valence-corrected chi connectivity index (χ4v) is 4.60. The Kier molecular flexibility index (Phi) is 5.61. The first-order chi connectivity index (χ1) is 15.6. The minimum Gasteiger partial charge on any atom is -0.351 e. The van der Waals surface area contributed by atoms with Gasteiger partial charge in [-0.15, -0.1) is 5.10 Å². The second kappa shape index (κ2) is 8.70. The van der Waals surface area contributed by atoms with Crippen molar-refractivity contribution < 1.29 is 4.79 Å². The first kappa shape index (κ1) is 20.6. The van der Waals surface area contributed by atoms with E-state index in [0.29, 0.717) is 12.1 Å². The molecule has 0 bridgehead atoms. The van der Waals surface area contributed by atoms with Crippen molar-refractivity contribution in [3.8, 4) is 5.69 Å². The molecule has 1 atom stereocenters. The number of hydrogen-bond acceptors (Lipinski definition) is 6. The van der Waals surface area contributed by atoms with Crippen LogP contribution in [0.15, 0.2) is 59.5 Å². The Hall–Kier alpha value is -3.26. The number of fused-ring (bicyclic) bond motifs is 1. The molecular formula is C24H29N7O. The third-order valence-electron chi connectivity index (χ3n) is 6.62. The SMILES string of the molecule is CC12CC=CC=C1NN=C2c1cn(-c2ccc(C(=O)NCCN3CCCCC3)cc2)nn1. The smallest absolute Gasteiger partial charge is 0.251 e. The van der Waals surface area contributed by atoms with Crippen LogP contribution in [0.3, 0.4) is 0 Å². The summed E-state index contributed by atoms with van der Waals surface area (Å²) in [5, 5.41) is 16.2. The highest BCUT2D eigenvalue weighted by Crippen LogP contribution is 2.39. The van der Waals surface area contributed by atoms with Crippen LogP contribution in [0.25, 0.3) is 5.69 Å². The number of hydrazone groups is 1. The van der Waals surface area contributed by atoms with Gasteiger partial charge in [0, 0.05) is 24.4 Å². The van der Waals surface area contributed by atoms with Crippen molar-refractivity contribution in [3.63, 3.8) is 0 Å². The van der Waals surface area contributed by atoms with Crippen LogP contribution in [0, 0.1) is 5.41 Å². The van der Waals surface area contributed by atoms with E-state index in [9.17, 15) is 4.79 Å². The van der Waals surface area contributed by atoms with E-state index in [2.05, 4.69) is 50.1 Å². The van der Waals surface area contributed by atoms with Gasteiger partial charge in [-0.25, -0.2) is 4.68 Å². The Morgan fingerprint density at radius 3 is 2.81 bits per heavy atom. The van der Waals surface area contributed by atoms with E-state index in [4.69, 9.17) is 0 Å². The number of benzene rings is 1. The van der Waals surface area contributed by atoms with Crippen LogP contribution in [-0.2, 0) is 0 Å². The predicted octanol–water partition coefficient (Wildman–Crippen LogP) is 2.64. The van der Waals surface area contributed by atoms with Crippen LogP contribution in [0.4, 0.5) is 0 Å². The van der Waals surface area contributed by atoms with E-state index in [-0.39, 0.29) is 11.3 Å². The average Bonchev–Trinajstić information content (AvgIpc) is 3.44. The van der Waals surface area contributed by atoms with Gasteiger partial charge in [0.1, 0.15) is 11.4 Å². The molecule has 1 aliphatic carbocycles. The number of carbonyl (C=O) groups excluding carboxylic acids is 1. The molecule has 32 heavy (non-hydrogen) atoms. The molecule has 1 fully saturated rings. The molecule has 2 aromatic rings. The van der Waals surface area contributed by atoms with E-state index in [1.165, 1.54) is 19.3 Å². The summed E-state index contributed by atoms with van der Waals surface area (Å²) < 4.78 is 1.72. The van der Waals surface area contributed by atoms with E-state index in [1.54, 1.807) is 4.68 Å². The van der Waals surface area contributed by atoms with Crippen LogP contribution in [0.1, 0.15) is 48.7 Å². The number of rotatable bonds is 6. The van der Waals surface area contributed by atoms with Gasteiger partial charge in [-0.3, -0.25) is 10.2 Å². The number of allylic oxidation sites excluding steroid dienone is 4. The maximum Gasteiger partial charge on any atom is 0.251 e. The monoisotopic (exact) mass is 431 g/mol. The molecule has 1 aromatic heterocycles. The molecule has 0 radical (unpaired) electrons. The van der Waals surface area contributed by atoms with Gasteiger partial charge in [0.15, 0.2) is 0 Å². The molecule has 5 rings (SSSR count). The number of aromatic nitrogens is 3. The molecule has 0 saturated carbocycles. The van der Waals surface area contributed by atoms with Crippen LogP contribution in [0.5, 0.6) is 0 Å². The summed E-state index contributed by atoms with van der Waals surface area (Å²) in [6.07, 6.45) is 12.9. The summed E-state index contributed by atoms with van der Waals surface area (Å²) >= 11 is 0. The second-order valence-corrected chi connectivity index (χ2v) is 8.87. The minimum absolute atomic E-state index is 0.0446. The van der Waals surface area contributed by atoms with E-state index < -0.39 is 0 Å². The largest absolute Gasteiger partial charge is 0.351 e.